The van der Waals surface area contributed by atoms with E-state index in [0.29, 0.717) is 21.3 Å². The number of allylic oxidation sites excluding steroid dienone is 1. The van der Waals surface area contributed by atoms with Gasteiger partial charge < -0.3 is 0 Å². The van der Waals surface area contributed by atoms with Crippen LogP contribution in [0, 0.1) is 0 Å². The first-order valence-corrected chi connectivity index (χ1v) is 7.25. The molecular formula is C17H14Cl2N2O. The van der Waals surface area contributed by atoms with Crippen LogP contribution in [0.5, 0.6) is 0 Å². The summed E-state index contributed by atoms with van der Waals surface area (Å²) >= 11 is 11.7. The predicted octanol–water partition coefficient (Wildman–Crippen LogP) is 4.45. The van der Waals surface area contributed by atoms with E-state index in [2.05, 4.69) is 17.4 Å². The molecule has 0 radical (unpaired) electrons. The number of benzene rings is 2. The molecule has 0 bridgehead atoms. The quantitative estimate of drug-likeness (QED) is 0.627. The molecule has 2 aromatic rings. The van der Waals surface area contributed by atoms with Crippen molar-refractivity contribution in [3.63, 3.8) is 0 Å². The number of carbonyl (C=O) groups is 1. The summed E-state index contributed by atoms with van der Waals surface area (Å²) in [6.07, 6.45) is 3.66. The van der Waals surface area contributed by atoms with Gasteiger partial charge in [-0.05, 0) is 29.8 Å². The molecule has 112 valence electrons. The number of halogens is 2. The van der Waals surface area contributed by atoms with E-state index in [1.807, 2.05) is 36.4 Å². The fraction of sp³-hybridized carbons (Fsp3) is 0. The van der Waals surface area contributed by atoms with Crippen molar-refractivity contribution in [2.45, 2.75) is 0 Å². The normalized spacial score (nSPS) is 10.5. The van der Waals surface area contributed by atoms with Gasteiger partial charge in [0.25, 0.3) is 5.91 Å². The molecule has 2 N–H and O–H groups in total. The van der Waals surface area contributed by atoms with Gasteiger partial charge in [-0.3, -0.25) is 15.6 Å². The lowest BCUT2D eigenvalue weighted by atomic mass is 10.2. The largest absolute Gasteiger partial charge is 0.299 e. The Balaban J connectivity index is 1.89. The number of rotatable bonds is 5. The van der Waals surface area contributed by atoms with Gasteiger partial charge in [-0.2, -0.15) is 0 Å². The van der Waals surface area contributed by atoms with Crippen LogP contribution in [0.2, 0.25) is 10.0 Å². The Labute approximate surface area is 139 Å². The Hall–Kier alpha value is -2.23. The van der Waals surface area contributed by atoms with E-state index in [4.69, 9.17) is 23.2 Å². The fourth-order valence-electron chi connectivity index (χ4n) is 1.65. The summed E-state index contributed by atoms with van der Waals surface area (Å²) in [5.41, 5.74) is 7.27. The van der Waals surface area contributed by atoms with Gasteiger partial charge in [0.15, 0.2) is 0 Å². The molecule has 0 saturated carbocycles. The summed E-state index contributed by atoms with van der Waals surface area (Å²) in [6.45, 7) is 3.81. The van der Waals surface area contributed by atoms with Gasteiger partial charge in [-0.1, -0.05) is 66.2 Å². The Morgan fingerprint density at radius 2 is 1.73 bits per heavy atom. The maximum Gasteiger partial charge on any atom is 0.269 e. The molecule has 5 heteroatoms. The highest BCUT2D eigenvalue weighted by Gasteiger charge is 2.07. The zero-order valence-electron chi connectivity index (χ0n) is 11.6. The first-order valence-electron chi connectivity index (χ1n) is 6.50. The fourth-order valence-corrected chi connectivity index (χ4v) is 1.95. The maximum absolute atomic E-state index is 11.9. The molecule has 0 aromatic heterocycles. The van der Waals surface area contributed by atoms with Crippen LogP contribution in [-0.2, 0) is 0 Å². The molecule has 0 aliphatic carbocycles. The Kier molecular flexibility index (Phi) is 5.64. The Morgan fingerprint density at radius 3 is 2.41 bits per heavy atom. The lowest BCUT2D eigenvalue weighted by Gasteiger charge is -2.08. The Bertz CT molecular complexity index is 712. The van der Waals surface area contributed by atoms with E-state index in [9.17, 15) is 4.79 Å². The molecule has 0 heterocycles. The molecule has 0 aliphatic rings. The van der Waals surface area contributed by atoms with E-state index < -0.39 is 0 Å². The first kappa shape index (κ1) is 16.1. The summed E-state index contributed by atoms with van der Waals surface area (Å²) < 4.78 is 0. The number of nitrogens with one attached hydrogen (secondary N) is 2. The van der Waals surface area contributed by atoms with Gasteiger partial charge in [0.2, 0.25) is 0 Å². The molecule has 0 spiro atoms. The summed E-state index contributed by atoms with van der Waals surface area (Å²) in [6, 6.07) is 14.4. The van der Waals surface area contributed by atoms with E-state index in [0.717, 1.165) is 5.56 Å². The Morgan fingerprint density at radius 1 is 1.00 bits per heavy atom. The molecule has 2 rings (SSSR count). The van der Waals surface area contributed by atoms with Crippen LogP contribution < -0.4 is 10.9 Å². The lowest BCUT2D eigenvalue weighted by Crippen LogP contribution is -2.35. The van der Waals surface area contributed by atoms with Gasteiger partial charge in [-0.25, -0.2) is 0 Å². The average Bonchev–Trinajstić information content (AvgIpc) is 2.54. The smallest absolute Gasteiger partial charge is 0.269 e. The number of hydrazine groups is 1. The molecule has 0 fully saturated rings. The number of amides is 1. The first-order chi connectivity index (χ1) is 10.6. The van der Waals surface area contributed by atoms with Crippen molar-refractivity contribution in [1.29, 1.82) is 0 Å². The summed E-state index contributed by atoms with van der Waals surface area (Å²) in [5.74, 6) is -0.326. The van der Waals surface area contributed by atoms with Crippen molar-refractivity contribution in [3.05, 3.63) is 88.1 Å². The van der Waals surface area contributed by atoms with Crippen LogP contribution in [0.1, 0.15) is 15.9 Å². The van der Waals surface area contributed by atoms with Crippen molar-refractivity contribution in [2.24, 2.45) is 0 Å². The van der Waals surface area contributed by atoms with Gasteiger partial charge in [0.05, 0.1) is 10.0 Å². The summed E-state index contributed by atoms with van der Waals surface area (Å²) in [5, 5.41) is 0.735. The van der Waals surface area contributed by atoms with Gasteiger partial charge >= 0.3 is 0 Å². The molecular weight excluding hydrogens is 319 g/mol. The minimum Gasteiger partial charge on any atom is -0.299 e. The number of carbonyl (C=O) groups excluding carboxylic acids is 1. The van der Waals surface area contributed by atoms with Crippen molar-refractivity contribution in [2.75, 3.05) is 0 Å². The van der Waals surface area contributed by atoms with Gasteiger partial charge in [-0.15, -0.1) is 0 Å². The topological polar surface area (TPSA) is 41.1 Å². The number of hydrogen-bond donors (Lipinski definition) is 2. The van der Waals surface area contributed by atoms with E-state index >= 15 is 0 Å². The van der Waals surface area contributed by atoms with E-state index in [1.54, 1.807) is 18.2 Å². The predicted molar refractivity (Wildman–Crippen MR) is 91.7 cm³/mol. The zero-order valence-corrected chi connectivity index (χ0v) is 13.2. The molecule has 1 amide bonds. The molecule has 0 atom stereocenters. The van der Waals surface area contributed by atoms with Crippen LogP contribution in [0.25, 0.3) is 6.08 Å². The molecule has 22 heavy (non-hydrogen) atoms. The second-order valence-electron chi connectivity index (χ2n) is 4.48. The SMILES string of the molecule is C=C(C=Cc1ccccc1)NNC(=O)c1ccc(Cl)c(Cl)c1. The molecule has 0 aliphatic heterocycles. The zero-order chi connectivity index (χ0) is 15.9. The summed E-state index contributed by atoms with van der Waals surface area (Å²) in [4.78, 5) is 11.9. The average molecular weight is 333 g/mol. The van der Waals surface area contributed by atoms with Gasteiger partial charge in [0.1, 0.15) is 0 Å². The standard InChI is InChI=1S/C17H14Cl2N2O/c1-12(7-8-13-5-3-2-4-6-13)20-21-17(22)14-9-10-15(18)16(19)11-14/h2-11,20H,1H2,(H,21,22). The lowest BCUT2D eigenvalue weighted by molar-refractivity contribution is 0.0939. The van der Waals surface area contributed by atoms with Crippen LogP contribution in [0.15, 0.2) is 66.9 Å². The van der Waals surface area contributed by atoms with Crippen molar-refractivity contribution in [3.8, 4) is 0 Å². The van der Waals surface area contributed by atoms with Crippen LogP contribution in [-0.4, -0.2) is 5.91 Å². The minimum absolute atomic E-state index is 0.326. The van der Waals surface area contributed by atoms with Gasteiger partial charge in [0, 0.05) is 11.3 Å². The second-order valence-corrected chi connectivity index (χ2v) is 5.29. The highest BCUT2D eigenvalue weighted by Crippen LogP contribution is 2.22. The molecule has 0 unspecified atom stereocenters. The third-order valence-corrected chi connectivity index (χ3v) is 3.53. The maximum atomic E-state index is 11.9. The third kappa shape index (κ3) is 4.65. The highest BCUT2D eigenvalue weighted by molar-refractivity contribution is 6.42. The van der Waals surface area contributed by atoms with E-state index in [1.165, 1.54) is 6.07 Å². The van der Waals surface area contributed by atoms with Crippen LogP contribution >= 0.6 is 23.2 Å². The molecule has 2 aromatic carbocycles. The monoisotopic (exact) mass is 332 g/mol. The minimum atomic E-state index is -0.326. The van der Waals surface area contributed by atoms with Crippen LogP contribution in [0.3, 0.4) is 0 Å². The third-order valence-electron chi connectivity index (χ3n) is 2.79. The van der Waals surface area contributed by atoms with E-state index in [-0.39, 0.29) is 5.91 Å². The second kappa shape index (κ2) is 7.69. The molecule has 3 nitrogen and oxygen atoms in total. The van der Waals surface area contributed by atoms with Crippen molar-refractivity contribution >= 4 is 35.2 Å². The highest BCUT2D eigenvalue weighted by atomic mass is 35.5. The number of hydrogen-bond acceptors (Lipinski definition) is 2. The van der Waals surface area contributed by atoms with Crippen molar-refractivity contribution < 1.29 is 4.79 Å². The molecule has 0 saturated heterocycles. The van der Waals surface area contributed by atoms with Crippen molar-refractivity contribution in [1.82, 2.24) is 10.9 Å². The summed E-state index contributed by atoms with van der Waals surface area (Å²) in [7, 11) is 0. The van der Waals surface area contributed by atoms with Crippen LogP contribution in [0.4, 0.5) is 0 Å².